The minimum Gasteiger partial charge on any atom is -0.488 e. The average molecular weight is 244 g/mol. The summed E-state index contributed by atoms with van der Waals surface area (Å²) in [7, 11) is 0. The Morgan fingerprint density at radius 3 is 2.94 bits per heavy atom. The summed E-state index contributed by atoms with van der Waals surface area (Å²) < 4.78 is 18.5. The fraction of sp³-hybridized carbons (Fsp3) is 0.214. The summed E-state index contributed by atoms with van der Waals surface area (Å²) in [5.74, 6) is 1.29. The topological polar surface area (TPSA) is 34.1 Å². The lowest BCUT2D eigenvalue weighted by molar-refractivity contribution is 0.246. The monoisotopic (exact) mass is 244 g/mol. The maximum Gasteiger partial charge on any atom is 0.141 e. The van der Waals surface area contributed by atoms with Gasteiger partial charge in [0.05, 0.1) is 12.7 Å². The number of hydrogen-bond acceptors (Lipinski definition) is 3. The number of pyridine rings is 1. The van der Waals surface area contributed by atoms with Crippen molar-refractivity contribution in [3.8, 4) is 5.75 Å². The van der Waals surface area contributed by atoms with Crippen molar-refractivity contribution in [2.75, 3.05) is 11.9 Å². The maximum atomic E-state index is 12.7. The Morgan fingerprint density at radius 2 is 2.17 bits per heavy atom. The Hall–Kier alpha value is -2.10. The third-order valence-corrected chi connectivity index (χ3v) is 2.95. The van der Waals surface area contributed by atoms with Crippen LogP contribution in [0, 0.1) is 5.82 Å². The molecule has 92 valence electrons. The van der Waals surface area contributed by atoms with Crippen LogP contribution in [-0.4, -0.2) is 17.6 Å². The molecule has 0 saturated heterocycles. The zero-order valence-corrected chi connectivity index (χ0v) is 9.77. The van der Waals surface area contributed by atoms with Gasteiger partial charge in [-0.1, -0.05) is 18.2 Å². The Kier molecular flexibility index (Phi) is 2.84. The molecule has 1 unspecified atom stereocenters. The second kappa shape index (κ2) is 4.64. The molecule has 0 spiro atoms. The van der Waals surface area contributed by atoms with Gasteiger partial charge < -0.3 is 10.1 Å². The molecule has 0 aliphatic carbocycles. The average Bonchev–Trinajstić information content (AvgIpc) is 2.81. The molecule has 0 saturated carbocycles. The molecule has 1 aromatic heterocycles. The van der Waals surface area contributed by atoms with Crippen LogP contribution in [0.4, 0.5) is 10.2 Å². The highest BCUT2D eigenvalue weighted by molar-refractivity contribution is 5.39. The molecule has 1 N–H and O–H groups in total. The molecule has 0 amide bonds. The van der Waals surface area contributed by atoms with Gasteiger partial charge in [-0.05, 0) is 23.8 Å². The molecule has 1 aliphatic heterocycles. The number of aromatic nitrogens is 1. The molecular weight excluding hydrogens is 231 g/mol. The first-order chi connectivity index (χ1) is 8.81. The van der Waals surface area contributed by atoms with Crippen LogP contribution in [0.5, 0.6) is 5.75 Å². The molecule has 1 aromatic carbocycles. The molecule has 0 fully saturated rings. The van der Waals surface area contributed by atoms with Crippen LogP contribution in [0.2, 0.25) is 0 Å². The summed E-state index contributed by atoms with van der Waals surface area (Å²) in [5.41, 5.74) is 1.23. The van der Waals surface area contributed by atoms with E-state index in [4.69, 9.17) is 4.74 Å². The first-order valence-electron chi connectivity index (χ1n) is 5.91. The highest BCUT2D eigenvalue weighted by Gasteiger charge is 2.21. The molecule has 0 radical (unpaired) electrons. The van der Waals surface area contributed by atoms with Gasteiger partial charge in [-0.25, -0.2) is 9.37 Å². The van der Waals surface area contributed by atoms with E-state index in [0.717, 1.165) is 12.2 Å². The SMILES string of the molecule is Fc1ccc(NCC2Cc3ccccc3O2)nc1. The summed E-state index contributed by atoms with van der Waals surface area (Å²) in [6, 6.07) is 11.0. The number of benzene rings is 1. The molecule has 18 heavy (non-hydrogen) atoms. The minimum absolute atomic E-state index is 0.106. The zero-order valence-electron chi connectivity index (χ0n) is 9.77. The maximum absolute atomic E-state index is 12.7. The molecule has 2 heterocycles. The van der Waals surface area contributed by atoms with E-state index < -0.39 is 0 Å². The number of fused-ring (bicyclic) bond motifs is 1. The van der Waals surface area contributed by atoms with Crippen molar-refractivity contribution >= 4 is 5.82 Å². The number of hydrogen-bond donors (Lipinski definition) is 1. The molecule has 3 nitrogen and oxygen atoms in total. The van der Waals surface area contributed by atoms with Crippen LogP contribution in [0.3, 0.4) is 0 Å². The summed E-state index contributed by atoms with van der Waals surface area (Å²) in [6.45, 7) is 0.660. The van der Waals surface area contributed by atoms with Crippen molar-refractivity contribution in [1.82, 2.24) is 4.98 Å². The lowest BCUT2D eigenvalue weighted by Gasteiger charge is -2.12. The predicted molar refractivity (Wildman–Crippen MR) is 67.2 cm³/mol. The van der Waals surface area contributed by atoms with Crippen LogP contribution in [0.15, 0.2) is 42.6 Å². The van der Waals surface area contributed by atoms with Gasteiger partial charge in [0.15, 0.2) is 0 Å². The molecular formula is C14H13FN2O. The second-order valence-corrected chi connectivity index (χ2v) is 4.29. The van der Waals surface area contributed by atoms with E-state index in [0.29, 0.717) is 12.4 Å². The van der Waals surface area contributed by atoms with Crippen molar-refractivity contribution in [2.24, 2.45) is 0 Å². The third kappa shape index (κ3) is 2.27. The van der Waals surface area contributed by atoms with Crippen molar-refractivity contribution < 1.29 is 9.13 Å². The summed E-state index contributed by atoms with van der Waals surface area (Å²) >= 11 is 0. The normalized spacial score (nSPS) is 17.1. The van der Waals surface area contributed by atoms with Crippen LogP contribution < -0.4 is 10.1 Å². The molecule has 0 bridgehead atoms. The number of para-hydroxylation sites is 1. The Balaban J connectivity index is 1.58. The van der Waals surface area contributed by atoms with E-state index in [9.17, 15) is 4.39 Å². The summed E-state index contributed by atoms with van der Waals surface area (Å²) in [5, 5.41) is 3.15. The van der Waals surface area contributed by atoms with E-state index in [1.807, 2.05) is 18.2 Å². The van der Waals surface area contributed by atoms with Gasteiger partial charge in [-0.3, -0.25) is 0 Å². The number of ether oxygens (including phenoxy) is 1. The van der Waals surface area contributed by atoms with Crippen LogP contribution in [0.1, 0.15) is 5.56 Å². The molecule has 2 aromatic rings. The van der Waals surface area contributed by atoms with E-state index in [1.165, 1.54) is 17.8 Å². The van der Waals surface area contributed by atoms with E-state index in [2.05, 4.69) is 16.4 Å². The molecule has 4 heteroatoms. The Bertz CT molecular complexity index is 517. The lowest BCUT2D eigenvalue weighted by Crippen LogP contribution is -2.24. The molecule has 1 atom stereocenters. The van der Waals surface area contributed by atoms with Gasteiger partial charge in [-0.2, -0.15) is 0 Å². The standard InChI is InChI=1S/C14H13FN2O/c15-11-5-6-14(16-8-11)17-9-12-7-10-3-1-2-4-13(10)18-12/h1-6,8,12H,7,9H2,(H,16,17). The van der Waals surface area contributed by atoms with E-state index >= 15 is 0 Å². The van der Waals surface area contributed by atoms with Crippen molar-refractivity contribution in [3.05, 3.63) is 54.0 Å². The van der Waals surface area contributed by atoms with Gasteiger partial charge in [0.2, 0.25) is 0 Å². The van der Waals surface area contributed by atoms with E-state index in [-0.39, 0.29) is 11.9 Å². The van der Waals surface area contributed by atoms with Crippen molar-refractivity contribution in [2.45, 2.75) is 12.5 Å². The van der Waals surface area contributed by atoms with Crippen LogP contribution in [-0.2, 0) is 6.42 Å². The fourth-order valence-electron chi connectivity index (χ4n) is 2.07. The lowest BCUT2D eigenvalue weighted by atomic mass is 10.1. The van der Waals surface area contributed by atoms with Gasteiger partial charge in [-0.15, -0.1) is 0 Å². The van der Waals surface area contributed by atoms with Crippen molar-refractivity contribution in [3.63, 3.8) is 0 Å². The second-order valence-electron chi connectivity index (χ2n) is 4.29. The fourth-order valence-corrected chi connectivity index (χ4v) is 2.07. The number of nitrogens with one attached hydrogen (secondary N) is 1. The first kappa shape index (κ1) is 11.0. The van der Waals surface area contributed by atoms with Gasteiger partial charge in [0, 0.05) is 6.42 Å². The number of nitrogens with zero attached hydrogens (tertiary/aromatic N) is 1. The molecule has 1 aliphatic rings. The van der Waals surface area contributed by atoms with Gasteiger partial charge in [0.1, 0.15) is 23.5 Å². The quantitative estimate of drug-likeness (QED) is 0.901. The summed E-state index contributed by atoms with van der Waals surface area (Å²) in [4.78, 5) is 3.95. The number of halogens is 1. The van der Waals surface area contributed by atoms with Gasteiger partial charge >= 0.3 is 0 Å². The first-order valence-corrected chi connectivity index (χ1v) is 5.91. The smallest absolute Gasteiger partial charge is 0.141 e. The van der Waals surface area contributed by atoms with Crippen LogP contribution in [0.25, 0.3) is 0 Å². The largest absolute Gasteiger partial charge is 0.488 e. The number of anilines is 1. The van der Waals surface area contributed by atoms with Crippen LogP contribution >= 0.6 is 0 Å². The number of rotatable bonds is 3. The van der Waals surface area contributed by atoms with E-state index in [1.54, 1.807) is 6.07 Å². The summed E-state index contributed by atoms with van der Waals surface area (Å²) in [6.07, 6.45) is 2.20. The zero-order chi connectivity index (χ0) is 12.4. The third-order valence-electron chi connectivity index (χ3n) is 2.95. The Morgan fingerprint density at radius 1 is 1.28 bits per heavy atom. The van der Waals surface area contributed by atoms with Gasteiger partial charge in [0.25, 0.3) is 0 Å². The Labute approximate surface area is 105 Å². The highest BCUT2D eigenvalue weighted by atomic mass is 19.1. The molecule has 3 rings (SSSR count). The minimum atomic E-state index is -0.329. The highest BCUT2D eigenvalue weighted by Crippen LogP contribution is 2.28. The predicted octanol–water partition coefficient (Wildman–Crippen LogP) is 2.64. The van der Waals surface area contributed by atoms with Crippen molar-refractivity contribution in [1.29, 1.82) is 0 Å².